The molecule has 3 amide bonds. The van der Waals surface area contributed by atoms with Crippen LogP contribution in [0.4, 0.5) is 14.4 Å². The Hall–Kier alpha value is -2.58. The number of likely N-dealkylation sites (tertiary alicyclic amines) is 3. The van der Waals surface area contributed by atoms with Crippen molar-refractivity contribution in [1.29, 1.82) is 0 Å². The summed E-state index contributed by atoms with van der Waals surface area (Å²) >= 11 is 0. The number of amides is 3. The van der Waals surface area contributed by atoms with Gasteiger partial charge >= 0.3 is 37.1 Å². The van der Waals surface area contributed by atoms with E-state index in [0.717, 1.165) is 18.6 Å². The minimum Gasteiger partial charge on any atom is -0.444 e. The summed E-state index contributed by atoms with van der Waals surface area (Å²) in [6.07, 6.45) is 3.02. The zero-order chi connectivity index (χ0) is 56.1. The molecule has 0 aromatic heterocycles. The number of nitrogens with zero attached hydrogens (tertiary/aromatic N) is 3. The molecule has 0 saturated carbocycles. The van der Waals surface area contributed by atoms with E-state index in [1.54, 1.807) is 44.8 Å². The van der Waals surface area contributed by atoms with E-state index < -0.39 is 70.5 Å². The predicted octanol–water partition coefficient (Wildman–Crippen LogP) is 4.27. The first-order chi connectivity index (χ1) is 33.8. The topological polar surface area (TPSA) is 209 Å². The van der Waals surface area contributed by atoms with Gasteiger partial charge < -0.3 is 73.7 Å². The van der Waals surface area contributed by atoms with Crippen molar-refractivity contribution < 1.29 is 100.0 Å². The van der Waals surface area contributed by atoms with Crippen molar-refractivity contribution in [3.05, 3.63) is 18.6 Å². The van der Waals surface area contributed by atoms with E-state index in [9.17, 15) is 24.3 Å². The van der Waals surface area contributed by atoms with Gasteiger partial charge in [0.2, 0.25) is 17.4 Å². The quantitative estimate of drug-likeness (QED) is 0.0809. The first-order valence-corrected chi connectivity index (χ1v) is 25.5. The Morgan fingerprint density at radius 1 is 0.608 bits per heavy atom. The van der Waals surface area contributed by atoms with E-state index in [1.165, 1.54) is 45.3 Å². The van der Waals surface area contributed by atoms with Crippen LogP contribution in [0.1, 0.15) is 117 Å². The van der Waals surface area contributed by atoms with Crippen LogP contribution in [-0.2, 0) is 61.6 Å². The van der Waals surface area contributed by atoms with Crippen molar-refractivity contribution in [3.63, 3.8) is 0 Å². The normalized spacial score (nSPS) is 27.7. The van der Waals surface area contributed by atoms with Crippen LogP contribution in [0.15, 0.2) is 11.6 Å². The largest absolute Gasteiger partial charge is 1.00 e. The molecular weight excluding hydrogens is 958 g/mol. The molecule has 0 aliphatic carbocycles. The Morgan fingerprint density at radius 3 is 1.16 bits per heavy atom. The van der Waals surface area contributed by atoms with E-state index in [4.69, 9.17) is 56.8 Å². The summed E-state index contributed by atoms with van der Waals surface area (Å²) in [5, 5.41) is 9.52. The molecular formula is C53H96LiN3O17. The molecule has 6 rings (SSSR count). The fourth-order valence-corrected chi connectivity index (χ4v) is 9.34. The van der Waals surface area contributed by atoms with Crippen molar-refractivity contribution in [2.45, 2.75) is 187 Å². The monoisotopic (exact) mass is 1050 g/mol. The van der Waals surface area contributed by atoms with Gasteiger partial charge in [-0.05, 0) is 82.1 Å². The van der Waals surface area contributed by atoms with E-state index in [1.807, 2.05) is 55.4 Å². The van der Waals surface area contributed by atoms with Crippen LogP contribution in [0.2, 0.25) is 0 Å². The van der Waals surface area contributed by atoms with E-state index in [-0.39, 0.29) is 81.4 Å². The van der Waals surface area contributed by atoms with Gasteiger partial charge in [-0.25, -0.2) is 14.4 Å². The maximum atomic E-state index is 12.7. The first-order valence-electron chi connectivity index (χ1n) is 25.5. The average Bonchev–Trinajstić information content (AvgIpc) is 4.15. The van der Waals surface area contributed by atoms with Gasteiger partial charge in [-0.1, -0.05) is 45.8 Å². The third-order valence-corrected chi connectivity index (χ3v) is 12.5. The van der Waals surface area contributed by atoms with Crippen LogP contribution >= 0.6 is 0 Å². The van der Waals surface area contributed by atoms with Crippen LogP contribution in [-0.4, -0.2) is 204 Å². The van der Waals surface area contributed by atoms with Crippen LogP contribution in [0.25, 0.3) is 0 Å². The molecule has 0 aromatic rings. The number of carbonyl (C=O) groups is 4. The number of unbranched alkanes of at least 4 members (excludes halogenated alkanes) is 1. The summed E-state index contributed by atoms with van der Waals surface area (Å²) in [4.78, 5) is 53.5. The molecule has 20 nitrogen and oxygen atoms in total. The molecule has 6 saturated heterocycles. The van der Waals surface area contributed by atoms with Gasteiger partial charge in [-0.15, -0.1) is 0 Å². The number of rotatable bonds is 10. The third-order valence-electron chi connectivity index (χ3n) is 12.5. The van der Waals surface area contributed by atoms with Crippen LogP contribution in [0.3, 0.4) is 0 Å². The molecule has 6 fully saturated rings. The minimum absolute atomic E-state index is 0. The fourth-order valence-electron chi connectivity index (χ4n) is 9.34. The molecule has 0 radical (unpaired) electrons. The SMILES string of the molecule is CC(C)C.COC1(OC)CO[C@@H]2[C@H](C=C(C)C)CN(C(=O)OC(C)(C)C)[C@@H]21.COC1(OC)CO[C@@H]2[C@H](C=O)CN(C(=O)OC(C)(C)C)[C@@H]21.COC1(OC)CO[C@@H]2[C@H](CO)CN(C(=O)OC(C)(C)C)[C@@H]21.[CH2-]CCC.[Li+]. The number of carbonyl (C=O) groups excluding carboxylic acids is 4. The second-order valence-corrected chi connectivity index (χ2v) is 23.0. The number of ether oxygens (including phenoxy) is 12. The molecule has 6 aliphatic heterocycles. The van der Waals surface area contributed by atoms with Crippen LogP contribution < -0.4 is 18.9 Å². The Labute approximate surface area is 455 Å². The Kier molecular flexibility index (Phi) is 27.6. The Balaban J connectivity index is 0.000000513. The van der Waals surface area contributed by atoms with Gasteiger partial charge in [-0.3, -0.25) is 14.7 Å². The molecule has 9 atom stereocenters. The summed E-state index contributed by atoms with van der Waals surface area (Å²) in [5.41, 5.74) is -0.570. The maximum absolute atomic E-state index is 12.7. The standard InChI is InChI=1S/C17H29NO5.C14H25NO6.C14H23NO6.C4H10.C4H9.Li/c1-11(2)8-12-9-18(15(19)23-16(3,4)5)14-13(12)22-10-17(14,20-6)21-7;2*1-13(2,3)21-12(17)15-6-9(7-16)10-11(15)14(18-4,19-5)8-20-10;1-4(2)3;1-3-4-2;/h8,12-14H,9-10H2,1-7H3;9-11,16H,6-8H2,1-5H3;7,9-11H,6,8H2,1-5H3;4H,1-3H3;1,3-4H2,2H3;/q;;;;-1;+1/t12-,13-,14+;2*9-,10+,11-;;;/m100.../s1. The summed E-state index contributed by atoms with van der Waals surface area (Å²) in [6, 6.07) is -1.26. The number of aliphatic hydroxyl groups is 1. The van der Waals surface area contributed by atoms with Crippen LogP contribution in [0, 0.1) is 30.6 Å². The molecule has 0 spiro atoms. The van der Waals surface area contributed by atoms with Gasteiger partial charge in [0.1, 0.15) is 61.0 Å². The van der Waals surface area contributed by atoms with E-state index >= 15 is 0 Å². The van der Waals surface area contributed by atoms with Gasteiger partial charge in [0.25, 0.3) is 0 Å². The van der Waals surface area contributed by atoms with Crippen molar-refractivity contribution >= 4 is 24.6 Å². The van der Waals surface area contributed by atoms with Gasteiger partial charge in [0.05, 0.1) is 30.8 Å². The number of fused-ring (bicyclic) bond motifs is 3. The molecule has 21 heteroatoms. The van der Waals surface area contributed by atoms with Crippen molar-refractivity contribution in [3.8, 4) is 0 Å². The Bertz CT molecular complexity index is 1750. The van der Waals surface area contributed by atoms with Crippen molar-refractivity contribution in [2.24, 2.45) is 23.7 Å². The zero-order valence-electron chi connectivity index (χ0n) is 49.3. The molecule has 0 bridgehead atoms. The summed E-state index contributed by atoms with van der Waals surface area (Å²) in [7, 11) is 9.20. The van der Waals surface area contributed by atoms with Crippen molar-refractivity contribution in [2.75, 3.05) is 88.7 Å². The number of aliphatic hydroxyl groups excluding tert-OH is 1. The predicted molar refractivity (Wildman–Crippen MR) is 273 cm³/mol. The molecule has 0 aromatic carbocycles. The van der Waals surface area contributed by atoms with Gasteiger partial charge in [-0.2, -0.15) is 6.42 Å². The number of hydrogen-bond acceptors (Lipinski definition) is 17. The third kappa shape index (κ3) is 17.7. The van der Waals surface area contributed by atoms with Gasteiger partial charge in [0.15, 0.2) is 0 Å². The molecule has 74 heavy (non-hydrogen) atoms. The smallest absolute Gasteiger partial charge is 0.444 e. The second kappa shape index (κ2) is 29.4. The number of hydrogen-bond donors (Lipinski definition) is 1. The number of methoxy groups -OCH3 is 6. The van der Waals surface area contributed by atoms with Crippen molar-refractivity contribution in [1.82, 2.24) is 14.7 Å². The maximum Gasteiger partial charge on any atom is 1.00 e. The van der Waals surface area contributed by atoms with Gasteiger partial charge in [0, 0.05) is 74.1 Å². The summed E-state index contributed by atoms with van der Waals surface area (Å²) in [5.74, 6) is -2.69. The molecule has 6 heterocycles. The Morgan fingerprint density at radius 2 is 0.892 bits per heavy atom. The average molecular weight is 1050 g/mol. The zero-order valence-corrected chi connectivity index (χ0v) is 49.3. The van der Waals surface area contributed by atoms with E-state index in [0.29, 0.717) is 19.7 Å². The fraction of sp³-hybridized carbons (Fsp3) is 0.868. The van der Waals surface area contributed by atoms with Crippen LogP contribution in [0.5, 0.6) is 0 Å². The van der Waals surface area contributed by atoms with E-state index in [2.05, 4.69) is 40.7 Å². The summed E-state index contributed by atoms with van der Waals surface area (Å²) in [6.45, 7) is 34.4. The minimum atomic E-state index is -1.07. The second-order valence-electron chi connectivity index (χ2n) is 23.0. The number of aldehydes is 1. The molecule has 426 valence electrons. The first kappa shape index (κ1) is 69.4. The molecule has 6 aliphatic rings. The summed E-state index contributed by atoms with van der Waals surface area (Å²) < 4.78 is 66.9. The number of allylic oxidation sites excluding steroid dienone is 1. The molecule has 0 unspecified atom stereocenters. The molecule has 1 N–H and O–H groups in total.